The van der Waals surface area contributed by atoms with Crippen molar-refractivity contribution >= 4 is 18.0 Å². The number of esters is 1. The molecule has 0 aliphatic rings. The van der Waals surface area contributed by atoms with Gasteiger partial charge in [-0.2, -0.15) is 5.26 Å². The average Bonchev–Trinajstić information content (AvgIpc) is 2.81. The van der Waals surface area contributed by atoms with Crippen LogP contribution in [-0.4, -0.2) is 38.7 Å². The van der Waals surface area contributed by atoms with Crippen molar-refractivity contribution in [3.05, 3.63) is 70.8 Å². The molecule has 0 fully saturated rings. The van der Waals surface area contributed by atoms with Crippen molar-refractivity contribution in [2.75, 3.05) is 26.9 Å². The van der Waals surface area contributed by atoms with Crippen molar-refractivity contribution < 1.29 is 23.8 Å². The molecule has 0 aromatic heterocycles. The highest BCUT2D eigenvalue weighted by molar-refractivity contribution is 6.01. The SMILES string of the molecule is CCOCCCNC(=O)/C(C#N)=C\c1ccc(OCc2ccc(C(=O)OC)cc2)cc1. The van der Waals surface area contributed by atoms with Gasteiger partial charge in [0.2, 0.25) is 0 Å². The van der Waals surface area contributed by atoms with Gasteiger partial charge in [-0.15, -0.1) is 0 Å². The maximum atomic E-state index is 12.1. The lowest BCUT2D eigenvalue weighted by Gasteiger charge is -2.08. The fourth-order valence-electron chi connectivity index (χ4n) is 2.61. The van der Waals surface area contributed by atoms with E-state index in [-0.39, 0.29) is 11.5 Å². The highest BCUT2D eigenvalue weighted by atomic mass is 16.5. The molecule has 0 aliphatic heterocycles. The molecule has 0 saturated heterocycles. The third-order valence-corrected chi connectivity index (χ3v) is 4.29. The third-order valence-electron chi connectivity index (χ3n) is 4.29. The zero-order valence-corrected chi connectivity index (χ0v) is 17.7. The van der Waals surface area contributed by atoms with E-state index in [1.54, 1.807) is 48.5 Å². The summed E-state index contributed by atoms with van der Waals surface area (Å²) in [5.74, 6) is -0.144. The Balaban J connectivity index is 1.89. The summed E-state index contributed by atoms with van der Waals surface area (Å²) in [6.07, 6.45) is 2.23. The van der Waals surface area contributed by atoms with Crippen LogP contribution in [0, 0.1) is 11.3 Å². The molecule has 7 nitrogen and oxygen atoms in total. The van der Waals surface area contributed by atoms with Gasteiger partial charge in [0.05, 0.1) is 12.7 Å². The van der Waals surface area contributed by atoms with Crippen LogP contribution in [-0.2, 0) is 20.9 Å². The molecule has 0 spiro atoms. The van der Waals surface area contributed by atoms with E-state index in [9.17, 15) is 14.9 Å². The van der Waals surface area contributed by atoms with E-state index in [1.165, 1.54) is 13.2 Å². The van der Waals surface area contributed by atoms with Gasteiger partial charge in [-0.1, -0.05) is 24.3 Å². The number of hydrogen-bond donors (Lipinski definition) is 1. The van der Waals surface area contributed by atoms with Gasteiger partial charge in [-0.05, 0) is 54.8 Å². The van der Waals surface area contributed by atoms with Gasteiger partial charge >= 0.3 is 5.97 Å². The largest absolute Gasteiger partial charge is 0.489 e. The van der Waals surface area contributed by atoms with Crippen molar-refractivity contribution in [2.24, 2.45) is 0 Å². The number of nitrogens with zero attached hydrogens (tertiary/aromatic N) is 1. The summed E-state index contributed by atoms with van der Waals surface area (Å²) in [5.41, 5.74) is 2.14. The maximum absolute atomic E-state index is 12.1. The first-order valence-electron chi connectivity index (χ1n) is 9.95. The molecular formula is C24H26N2O5. The van der Waals surface area contributed by atoms with Gasteiger partial charge in [0.25, 0.3) is 5.91 Å². The Labute approximate surface area is 182 Å². The van der Waals surface area contributed by atoms with Gasteiger partial charge in [-0.3, -0.25) is 4.79 Å². The second-order valence-electron chi connectivity index (χ2n) is 6.52. The number of carbonyl (C=O) groups is 2. The highest BCUT2D eigenvalue weighted by Gasteiger charge is 2.08. The monoisotopic (exact) mass is 422 g/mol. The molecule has 31 heavy (non-hydrogen) atoms. The van der Waals surface area contributed by atoms with E-state index < -0.39 is 5.91 Å². The Kier molecular flexibility index (Phi) is 9.79. The Bertz CT molecular complexity index is 928. The second-order valence-corrected chi connectivity index (χ2v) is 6.52. The molecule has 0 heterocycles. The lowest BCUT2D eigenvalue weighted by Crippen LogP contribution is -2.26. The van der Waals surface area contributed by atoms with E-state index >= 15 is 0 Å². The Morgan fingerprint density at radius 1 is 1.10 bits per heavy atom. The van der Waals surface area contributed by atoms with Gasteiger partial charge < -0.3 is 19.5 Å². The zero-order chi connectivity index (χ0) is 22.5. The molecule has 2 aromatic rings. The second kappa shape index (κ2) is 12.8. The zero-order valence-electron chi connectivity index (χ0n) is 17.7. The fourth-order valence-corrected chi connectivity index (χ4v) is 2.61. The number of methoxy groups -OCH3 is 1. The lowest BCUT2D eigenvalue weighted by atomic mass is 10.1. The van der Waals surface area contributed by atoms with Crippen LogP contribution in [0.25, 0.3) is 6.08 Å². The molecule has 0 radical (unpaired) electrons. The minimum absolute atomic E-state index is 0.0378. The molecular weight excluding hydrogens is 396 g/mol. The van der Waals surface area contributed by atoms with Crippen LogP contribution in [0.3, 0.4) is 0 Å². The average molecular weight is 422 g/mol. The van der Waals surface area contributed by atoms with Gasteiger partial charge in [0.15, 0.2) is 0 Å². The standard InChI is InChI=1S/C24H26N2O5/c1-3-30-14-4-13-26-23(27)21(16-25)15-18-7-11-22(12-8-18)31-17-19-5-9-20(10-6-19)24(28)29-2/h5-12,15H,3-4,13-14,17H2,1-2H3,(H,26,27)/b21-15-. The summed E-state index contributed by atoms with van der Waals surface area (Å²) >= 11 is 0. The van der Waals surface area contributed by atoms with E-state index in [0.717, 1.165) is 11.1 Å². The molecule has 7 heteroatoms. The van der Waals surface area contributed by atoms with Gasteiger partial charge in [-0.25, -0.2) is 4.79 Å². The predicted molar refractivity (Wildman–Crippen MR) is 116 cm³/mol. The number of amides is 1. The van der Waals surface area contributed by atoms with Crippen LogP contribution in [0.15, 0.2) is 54.1 Å². The summed E-state index contributed by atoms with van der Waals surface area (Å²) < 4.78 is 15.6. The van der Waals surface area contributed by atoms with E-state index in [2.05, 4.69) is 10.1 Å². The van der Waals surface area contributed by atoms with Crippen LogP contribution < -0.4 is 10.1 Å². The summed E-state index contributed by atoms with van der Waals surface area (Å²) in [7, 11) is 1.34. The van der Waals surface area contributed by atoms with Crippen LogP contribution in [0.1, 0.15) is 34.8 Å². The first-order chi connectivity index (χ1) is 15.1. The summed E-state index contributed by atoms with van der Waals surface area (Å²) in [6.45, 7) is 3.91. The van der Waals surface area contributed by atoms with Crippen molar-refractivity contribution in [1.82, 2.24) is 5.32 Å². The van der Waals surface area contributed by atoms with Crippen molar-refractivity contribution in [2.45, 2.75) is 20.0 Å². The molecule has 1 N–H and O–H groups in total. The van der Waals surface area contributed by atoms with Crippen LogP contribution in [0.2, 0.25) is 0 Å². The Morgan fingerprint density at radius 2 is 1.81 bits per heavy atom. The number of nitriles is 1. The summed E-state index contributed by atoms with van der Waals surface area (Å²) in [5, 5.41) is 12.0. The van der Waals surface area contributed by atoms with E-state index in [0.29, 0.717) is 44.1 Å². The fraction of sp³-hybridized carbons (Fsp3) is 0.292. The van der Waals surface area contributed by atoms with E-state index in [4.69, 9.17) is 9.47 Å². The minimum atomic E-state index is -0.408. The molecule has 0 aliphatic carbocycles. The number of carbonyl (C=O) groups excluding carboxylic acids is 2. The summed E-state index contributed by atoms with van der Waals surface area (Å²) in [6, 6.07) is 16.0. The van der Waals surface area contributed by atoms with Gasteiger partial charge in [0.1, 0.15) is 24.0 Å². The molecule has 0 saturated carbocycles. The number of rotatable bonds is 11. The quantitative estimate of drug-likeness (QED) is 0.258. The van der Waals surface area contributed by atoms with Crippen molar-refractivity contribution in [3.8, 4) is 11.8 Å². The number of ether oxygens (including phenoxy) is 3. The number of nitrogens with one attached hydrogen (secondary N) is 1. The van der Waals surface area contributed by atoms with Crippen LogP contribution in [0.5, 0.6) is 5.75 Å². The number of benzene rings is 2. The Hall–Kier alpha value is -3.63. The lowest BCUT2D eigenvalue weighted by molar-refractivity contribution is -0.117. The van der Waals surface area contributed by atoms with Crippen LogP contribution in [0.4, 0.5) is 0 Å². The molecule has 0 unspecified atom stereocenters. The topological polar surface area (TPSA) is 97.6 Å². The molecule has 2 aromatic carbocycles. The smallest absolute Gasteiger partial charge is 0.337 e. The van der Waals surface area contributed by atoms with Crippen molar-refractivity contribution in [3.63, 3.8) is 0 Å². The molecule has 162 valence electrons. The highest BCUT2D eigenvalue weighted by Crippen LogP contribution is 2.16. The molecule has 0 atom stereocenters. The maximum Gasteiger partial charge on any atom is 0.337 e. The molecule has 2 rings (SSSR count). The van der Waals surface area contributed by atoms with Gasteiger partial charge in [0, 0.05) is 19.8 Å². The Morgan fingerprint density at radius 3 is 2.42 bits per heavy atom. The minimum Gasteiger partial charge on any atom is -0.489 e. The summed E-state index contributed by atoms with van der Waals surface area (Å²) in [4.78, 5) is 23.6. The normalized spacial score (nSPS) is 10.8. The van der Waals surface area contributed by atoms with E-state index in [1.807, 2.05) is 13.0 Å². The molecule has 1 amide bonds. The van der Waals surface area contributed by atoms with Crippen molar-refractivity contribution in [1.29, 1.82) is 5.26 Å². The number of hydrogen-bond acceptors (Lipinski definition) is 6. The van der Waals surface area contributed by atoms with Crippen LogP contribution >= 0.6 is 0 Å². The first kappa shape index (κ1) is 23.6. The molecule has 0 bridgehead atoms. The third kappa shape index (κ3) is 7.96. The predicted octanol–water partition coefficient (Wildman–Crippen LogP) is 3.50. The first-order valence-corrected chi connectivity index (χ1v) is 9.95.